The number of carbonyl (C=O) groups excluding carboxylic acids is 1. The summed E-state index contributed by atoms with van der Waals surface area (Å²) >= 11 is 1.48. The van der Waals surface area contributed by atoms with Crippen LogP contribution in [0.15, 0.2) is 35.7 Å². The number of thiazole rings is 1. The average Bonchev–Trinajstić information content (AvgIpc) is 3.01. The fourth-order valence-corrected chi connectivity index (χ4v) is 3.25. The van der Waals surface area contributed by atoms with Crippen molar-refractivity contribution < 1.29 is 9.53 Å². The minimum Gasteiger partial charge on any atom is -0.374 e. The lowest BCUT2D eigenvalue weighted by atomic mass is 10.2. The monoisotopic (exact) mass is 331 g/mol. The van der Waals surface area contributed by atoms with Gasteiger partial charge in [0.15, 0.2) is 0 Å². The van der Waals surface area contributed by atoms with Gasteiger partial charge in [-0.15, -0.1) is 11.3 Å². The van der Waals surface area contributed by atoms with Crippen molar-refractivity contribution in [2.75, 3.05) is 26.2 Å². The lowest BCUT2D eigenvalue weighted by molar-refractivity contribution is -0.0292. The number of morpholine rings is 1. The summed E-state index contributed by atoms with van der Waals surface area (Å²) in [5.74, 6) is -0.127. The molecule has 1 amide bonds. The van der Waals surface area contributed by atoms with Gasteiger partial charge >= 0.3 is 0 Å². The van der Waals surface area contributed by atoms with E-state index in [0.717, 1.165) is 24.6 Å². The summed E-state index contributed by atoms with van der Waals surface area (Å²) in [6, 6.07) is 10.4. The molecule has 1 unspecified atom stereocenters. The van der Waals surface area contributed by atoms with Crippen molar-refractivity contribution in [2.45, 2.75) is 19.6 Å². The predicted molar refractivity (Wildman–Crippen MR) is 90.6 cm³/mol. The summed E-state index contributed by atoms with van der Waals surface area (Å²) in [4.78, 5) is 18.6. The maximum absolute atomic E-state index is 12.0. The van der Waals surface area contributed by atoms with Crippen LogP contribution in [0, 0.1) is 6.92 Å². The number of amides is 1. The number of benzene rings is 1. The minimum absolute atomic E-state index is 0.0242. The van der Waals surface area contributed by atoms with Gasteiger partial charge in [-0.25, -0.2) is 4.98 Å². The Balaban J connectivity index is 1.48. The Bertz CT molecular complexity index is 644. The van der Waals surface area contributed by atoms with E-state index in [2.05, 4.69) is 39.5 Å². The number of nitrogens with one attached hydrogen (secondary N) is 1. The number of hydrogen-bond acceptors (Lipinski definition) is 5. The molecule has 2 heterocycles. The highest BCUT2D eigenvalue weighted by atomic mass is 32.1. The molecule has 3 rings (SSSR count). The maximum atomic E-state index is 12.0. The number of nitrogens with zero attached hydrogens (tertiary/aromatic N) is 2. The van der Waals surface area contributed by atoms with Crippen molar-refractivity contribution >= 4 is 17.2 Å². The van der Waals surface area contributed by atoms with Crippen LogP contribution in [0.2, 0.25) is 0 Å². The minimum atomic E-state index is -0.127. The van der Waals surface area contributed by atoms with Gasteiger partial charge in [-0.3, -0.25) is 9.69 Å². The zero-order valence-electron chi connectivity index (χ0n) is 13.2. The summed E-state index contributed by atoms with van der Waals surface area (Å²) in [7, 11) is 0. The van der Waals surface area contributed by atoms with Crippen LogP contribution >= 0.6 is 11.3 Å². The van der Waals surface area contributed by atoms with Gasteiger partial charge in [0.05, 0.1) is 17.7 Å². The molecule has 1 N–H and O–H groups in total. The van der Waals surface area contributed by atoms with E-state index in [1.54, 1.807) is 5.38 Å². The Hall–Kier alpha value is -1.76. The van der Waals surface area contributed by atoms with Crippen molar-refractivity contribution in [3.63, 3.8) is 0 Å². The summed E-state index contributed by atoms with van der Waals surface area (Å²) < 4.78 is 5.76. The van der Waals surface area contributed by atoms with Gasteiger partial charge in [-0.05, 0) is 12.5 Å². The lowest BCUT2D eigenvalue weighted by Gasteiger charge is -2.33. The number of ether oxygens (including phenoxy) is 1. The van der Waals surface area contributed by atoms with Crippen molar-refractivity contribution in [2.24, 2.45) is 0 Å². The van der Waals surface area contributed by atoms with Gasteiger partial charge < -0.3 is 10.1 Å². The van der Waals surface area contributed by atoms with E-state index < -0.39 is 0 Å². The molecule has 122 valence electrons. The van der Waals surface area contributed by atoms with Crippen LogP contribution in [0.5, 0.6) is 0 Å². The first kappa shape index (κ1) is 16.1. The molecular formula is C17H21N3O2S. The number of aryl methyl sites for hydroxylation is 1. The summed E-state index contributed by atoms with van der Waals surface area (Å²) in [6.07, 6.45) is 0.0242. The molecule has 23 heavy (non-hydrogen) atoms. The first-order valence-corrected chi connectivity index (χ1v) is 8.67. The Morgan fingerprint density at radius 3 is 3.00 bits per heavy atom. The Kier molecular flexibility index (Phi) is 5.38. The molecule has 1 aliphatic rings. The summed E-state index contributed by atoms with van der Waals surface area (Å²) in [5, 5.41) is 5.61. The van der Waals surface area contributed by atoms with Crippen molar-refractivity contribution in [1.29, 1.82) is 0 Å². The predicted octanol–water partition coefficient (Wildman–Crippen LogP) is 2.08. The van der Waals surface area contributed by atoms with E-state index in [9.17, 15) is 4.79 Å². The molecule has 1 aliphatic heterocycles. The number of aromatic nitrogens is 1. The molecule has 1 atom stereocenters. The topological polar surface area (TPSA) is 54.5 Å². The smallest absolute Gasteiger partial charge is 0.270 e. The Morgan fingerprint density at radius 2 is 2.26 bits per heavy atom. The van der Waals surface area contributed by atoms with Crippen LogP contribution < -0.4 is 5.32 Å². The van der Waals surface area contributed by atoms with E-state index in [4.69, 9.17) is 4.74 Å². The SMILES string of the molecule is Cc1nc(C(=O)NCC2CN(Cc3ccccc3)CCO2)cs1. The van der Waals surface area contributed by atoms with Crippen molar-refractivity contribution in [3.8, 4) is 0 Å². The molecular weight excluding hydrogens is 310 g/mol. The van der Waals surface area contributed by atoms with Crippen LogP contribution in [-0.2, 0) is 11.3 Å². The van der Waals surface area contributed by atoms with Crippen LogP contribution in [-0.4, -0.2) is 48.1 Å². The highest BCUT2D eigenvalue weighted by Crippen LogP contribution is 2.11. The van der Waals surface area contributed by atoms with Gasteiger partial charge in [0.25, 0.3) is 5.91 Å². The van der Waals surface area contributed by atoms with Crippen LogP contribution in [0.1, 0.15) is 21.1 Å². The summed E-state index contributed by atoms with van der Waals surface area (Å²) in [5.41, 5.74) is 1.79. The fourth-order valence-electron chi connectivity index (χ4n) is 2.65. The third-order valence-electron chi connectivity index (χ3n) is 3.81. The Morgan fingerprint density at radius 1 is 1.43 bits per heavy atom. The molecule has 0 radical (unpaired) electrons. The lowest BCUT2D eigenvalue weighted by Crippen LogP contribution is -2.47. The number of rotatable bonds is 5. The zero-order valence-corrected chi connectivity index (χ0v) is 14.0. The van der Waals surface area contributed by atoms with E-state index in [1.165, 1.54) is 16.9 Å². The third kappa shape index (κ3) is 4.60. The van der Waals surface area contributed by atoms with Gasteiger partial charge in [-0.1, -0.05) is 30.3 Å². The molecule has 1 saturated heterocycles. The number of carbonyl (C=O) groups is 1. The normalized spacial score (nSPS) is 18.7. The molecule has 0 spiro atoms. The molecule has 1 aromatic heterocycles. The first-order valence-electron chi connectivity index (χ1n) is 7.79. The molecule has 1 aromatic carbocycles. The molecule has 6 heteroatoms. The highest BCUT2D eigenvalue weighted by molar-refractivity contribution is 7.09. The quantitative estimate of drug-likeness (QED) is 0.911. The molecule has 5 nitrogen and oxygen atoms in total. The van der Waals surface area contributed by atoms with E-state index in [1.807, 2.05) is 13.0 Å². The van der Waals surface area contributed by atoms with Crippen LogP contribution in [0.4, 0.5) is 0 Å². The standard InChI is InChI=1S/C17H21N3O2S/c1-13-19-16(12-23-13)17(21)18-9-15-11-20(7-8-22-15)10-14-5-3-2-4-6-14/h2-6,12,15H,7-11H2,1H3,(H,18,21). The Labute approximate surface area is 140 Å². The zero-order chi connectivity index (χ0) is 16.1. The van der Waals surface area contributed by atoms with Gasteiger partial charge in [0.2, 0.25) is 0 Å². The third-order valence-corrected chi connectivity index (χ3v) is 4.59. The van der Waals surface area contributed by atoms with Crippen LogP contribution in [0.25, 0.3) is 0 Å². The van der Waals surface area contributed by atoms with Gasteiger partial charge in [-0.2, -0.15) is 0 Å². The second-order valence-electron chi connectivity index (χ2n) is 5.68. The average molecular weight is 331 g/mol. The summed E-state index contributed by atoms with van der Waals surface area (Å²) in [6.45, 7) is 5.77. The van der Waals surface area contributed by atoms with Crippen molar-refractivity contribution in [1.82, 2.24) is 15.2 Å². The van der Waals surface area contributed by atoms with E-state index >= 15 is 0 Å². The second-order valence-corrected chi connectivity index (χ2v) is 6.74. The largest absolute Gasteiger partial charge is 0.374 e. The molecule has 2 aromatic rings. The first-order chi connectivity index (χ1) is 11.2. The highest BCUT2D eigenvalue weighted by Gasteiger charge is 2.21. The molecule has 0 bridgehead atoms. The molecule has 1 fully saturated rings. The molecule has 0 saturated carbocycles. The molecule has 0 aliphatic carbocycles. The van der Waals surface area contributed by atoms with Gasteiger partial charge in [0, 0.05) is 31.6 Å². The second kappa shape index (κ2) is 7.68. The van der Waals surface area contributed by atoms with E-state index in [0.29, 0.717) is 18.8 Å². The van der Waals surface area contributed by atoms with Crippen molar-refractivity contribution in [3.05, 3.63) is 52.0 Å². The number of hydrogen-bond donors (Lipinski definition) is 1. The van der Waals surface area contributed by atoms with Crippen LogP contribution in [0.3, 0.4) is 0 Å². The van der Waals surface area contributed by atoms with Gasteiger partial charge in [0.1, 0.15) is 5.69 Å². The van der Waals surface area contributed by atoms with E-state index in [-0.39, 0.29) is 12.0 Å². The maximum Gasteiger partial charge on any atom is 0.270 e. The fraction of sp³-hybridized carbons (Fsp3) is 0.412.